The third kappa shape index (κ3) is 8.25. The second-order valence-corrected chi connectivity index (χ2v) is 10.4. The van der Waals surface area contributed by atoms with Crippen molar-refractivity contribution in [3.8, 4) is 0 Å². The van der Waals surface area contributed by atoms with Crippen LogP contribution in [0.3, 0.4) is 0 Å². The molecule has 0 saturated heterocycles. The van der Waals surface area contributed by atoms with Crippen LogP contribution >= 0.6 is 21.6 Å². The maximum absolute atomic E-state index is 12.6. The lowest BCUT2D eigenvalue weighted by molar-refractivity contribution is -0.174. The number of carboxylic acids is 2. The van der Waals surface area contributed by atoms with Crippen molar-refractivity contribution in [2.45, 2.75) is 69.6 Å². The number of carbonyl (C=O) groups is 4. The van der Waals surface area contributed by atoms with Crippen LogP contribution in [0, 0.1) is 0 Å². The molecule has 0 saturated carbocycles. The van der Waals surface area contributed by atoms with Gasteiger partial charge in [0.05, 0.1) is 0 Å². The van der Waals surface area contributed by atoms with Gasteiger partial charge in [0.25, 0.3) is 0 Å². The highest BCUT2D eigenvalue weighted by Crippen LogP contribution is 2.36. The quantitative estimate of drug-likeness (QED) is 0.223. The molecular formula is C16H28N2O8S2. The monoisotopic (exact) mass is 440 g/mol. The molecule has 0 aromatic heterocycles. The van der Waals surface area contributed by atoms with Gasteiger partial charge in [-0.1, -0.05) is 21.6 Å². The lowest BCUT2D eigenvalue weighted by Crippen LogP contribution is -2.66. The first-order valence-corrected chi connectivity index (χ1v) is 10.5. The number of esters is 2. The van der Waals surface area contributed by atoms with Crippen LogP contribution < -0.4 is 11.5 Å². The van der Waals surface area contributed by atoms with E-state index in [1.165, 1.54) is 20.8 Å². The minimum atomic E-state index is -2.76. The van der Waals surface area contributed by atoms with Crippen LogP contribution in [0.1, 0.15) is 41.5 Å². The zero-order valence-corrected chi connectivity index (χ0v) is 18.3. The van der Waals surface area contributed by atoms with Crippen LogP contribution in [0.2, 0.25) is 0 Å². The lowest BCUT2D eigenvalue weighted by atomic mass is 9.95. The van der Waals surface area contributed by atoms with Gasteiger partial charge in [-0.05, 0) is 41.5 Å². The summed E-state index contributed by atoms with van der Waals surface area (Å²) in [6.45, 7) is 9.24. The number of carboxylic acid groups (broad SMARTS) is 2. The topological polar surface area (TPSA) is 179 Å². The van der Waals surface area contributed by atoms with E-state index in [2.05, 4.69) is 0 Å². The Morgan fingerprint density at radius 2 is 1.43 bits per heavy atom. The van der Waals surface area contributed by atoms with Crippen LogP contribution in [0.5, 0.6) is 0 Å². The third-order valence-corrected chi connectivity index (χ3v) is 5.64. The summed E-state index contributed by atoms with van der Waals surface area (Å²) < 4.78 is 10.3. The highest BCUT2D eigenvalue weighted by atomic mass is 33.1. The minimum Gasteiger partial charge on any atom is -0.480 e. The summed E-state index contributed by atoms with van der Waals surface area (Å²) in [5.41, 5.74) is 6.48. The summed E-state index contributed by atoms with van der Waals surface area (Å²) in [6.07, 6.45) is 0. The van der Waals surface area contributed by atoms with Crippen LogP contribution in [-0.2, 0) is 28.7 Å². The molecule has 0 fully saturated rings. The van der Waals surface area contributed by atoms with Crippen LogP contribution in [0.4, 0.5) is 0 Å². The lowest BCUT2D eigenvalue weighted by Gasteiger charge is -2.33. The molecule has 0 radical (unpaired) electrons. The van der Waals surface area contributed by atoms with E-state index in [1.54, 1.807) is 20.8 Å². The van der Waals surface area contributed by atoms with E-state index in [0.717, 1.165) is 10.8 Å². The van der Waals surface area contributed by atoms with Crippen molar-refractivity contribution < 1.29 is 38.9 Å². The molecule has 6 N–H and O–H groups in total. The molecule has 162 valence electrons. The number of carbonyl (C=O) groups excluding carboxylic acids is 2. The Morgan fingerprint density at radius 1 is 0.964 bits per heavy atom. The minimum absolute atomic E-state index is 0.163. The van der Waals surface area contributed by atoms with E-state index in [0.29, 0.717) is 10.8 Å². The second-order valence-electron chi connectivity index (χ2n) is 7.92. The molecule has 3 unspecified atom stereocenters. The van der Waals surface area contributed by atoms with Gasteiger partial charge in [0.15, 0.2) is 5.25 Å². The van der Waals surface area contributed by atoms with E-state index in [4.69, 9.17) is 26.0 Å². The van der Waals surface area contributed by atoms with Gasteiger partial charge in [-0.25, -0.2) is 9.59 Å². The maximum Gasteiger partial charge on any atom is 0.340 e. The first kappa shape index (κ1) is 26.5. The molecule has 0 heterocycles. The van der Waals surface area contributed by atoms with Crippen LogP contribution in [0.15, 0.2) is 0 Å². The molecule has 12 heteroatoms. The average molecular weight is 441 g/mol. The Labute approximate surface area is 171 Å². The molecule has 10 nitrogen and oxygen atoms in total. The molecule has 0 bridgehead atoms. The maximum atomic E-state index is 12.6. The van der Waals surface area contributed by atoms with Crippen molar-refractivity contribution >= 4 is 45.5 Å². The van der Waals surface area contributed by atoms with Crippen molar-refractivity contribution in [2.75, 3.05) is 5.75 Å². The van der Waals surface area contributed by atoms with E-state index < -0.39 is 51.9 Å². The van der Waals surface area contributed by atoms with Gasteiger partial charge < -0.3 is 31.2 Å². The molecule has 0 aliphatic rings. The van der Waals surface area contributed by atoms with Crippen molar-refractivity contribution in [1.82, 2.24) is 0 Å². The van der Waals surface area contributed by atoms with Gasteiger partial charge in [-0.3, -0.25) is 9.59 Å². The number of aliphatic carboxylic acids is 2. The summed E-state index contributed by atoms with van der Waals surface area (Å²) >= 11 is 0. The van der Waals surface area contributed by atoms with Crippen molar-refractivity contribution in [3.63, 3.8) is 0 Å². The summed E-state index contributed by atoms with van der Waals surface area (Å²) in [4.78, 5) is 47.9. The van der Waals surface area contributed by atoms with Crippen molar-refractivity contribution in [1.29, 1.82) is 0 Å². The van der Waals surface area contributed by atoms with Gasteiger partial charge in [-0.2, -0.15) is 0 Å². The predicted octanol–water partition coefficient (Wildman–Crippen LogP) is 0.614. The average Bonchev–Trinajstić information content (AvgIpc) is 2.46. The number of hydrogen-bond acceptors (Lipinski definition) is 10. The van der Waals surface area contributed by atoms with Crippen molar-refractivity contribution in [2.24, 2.45) is 11.5 Å². The first-order valence-electron chi connectivity index (χ1n) is 8.17. The summed E-state index contributed by atoms with van der Waals surface area (Å²) in [7, 11) is 1.39. The molecular weight excluding hydrogens is 412 g/mol. The van der Waals surface area contributed by atoms with Gasteiger partial charge >= 0.3 is 23.9 Å². The SMILES string of the molecule is CC(C)(C)OC(=O)C(SSCC(N)C(=O)O)C(N)(C(=O)O)C(=O)OC(C)(C)C. The summed E-state index contributed by atoms with van der Waals surface area (Å²) in [6, 6.07) is -1.25. The predicted molar refractivity (Wildman–Crippen MR) is 106 cm³/mol. The largest absolute Gasteiger partial charge is 0.480 e. The molecule has 0 rings (SSSR count). The van der Waals surface area contributed by atoms with E-state index in [1.807, 2.05) is 0 Å². The molecule has 0 spiro atoms. The van der Waals surface area contributed by atoms with Gasteiger partial charge in [0.2, 0.25) is 5.54 Å². The molecule has 0 aliphatic heterocycles. The van der Waals surface area contributed by atoms with Crippen LogP contribution in [-0.4, -0.2) is 67.9 Å². The molecule has 28 heavy (non-hydrogen) atoms. The second kappa shape index (κ2) is 9.81. The Morgan fingerprint density at radius 3 is 1.79 bits per heavy atom. The number of rotatable bonds is 9. The number of hydrogen-bond donors (Lipinski definition) is 4. The normalized spacial score (nSPS) is 16.4. The summed E-state index contributed by atoms with van der Waals surface area (Å²) in [5, 5.41) is 16.8. The standard InChI is InChI=1S/C16H28N2O8S2/c1-14(2,3)25-11(21)9(28-27-7-8(17)10(19)20)16(18,12(22)23)13(24)26-15(4,5)6/h8-9H,7,17-18H2,1-6H3,(H,19,20)(H,22,23). The molecule has 0 aromatic rings. The third-order valence-electron chi connectivity index (χ3n) is 2.85. The fourth-order valence-electron chi connectivity index (χ4n) is 1.58. The number of nitrogens with two attached hydrogens (primary N) is 2. The fourth-order valence-corrected chi connectivity index (χ4v) is 4.33. The Bertz CT molecular complexity index is 615. The zero-order valence-electron chi connectivity index (χ0n) is 16.7. The fraction of sp³-hybridized carbons (Fsp3) is 0.750. The smallest absolute Gasteiger partial charge is 0.340 e. The Hall–Kier alpha value is -1.50. The highest BCUT2D eigenvalue weighted by molar-refractivity contribution is 8.77. The zero-order chi connectivity index (χ0) is 22.5. The van der Waals surface area contributed by atoms with Crippen LogP contribution in [0.25, 0.3) is 0 Å². The highest BCUT2D eigenvalue weighted by Gasteiger charge is 2.57. The molecule has 3 atom stereocenters. The molecule has 0 aliphatic carbocycles. The van der Waals surface area contributed by atoms with Gasteiger partial charge in [-0.15, -0.1) is 0 Å². The van der Waals surface area contributed by atoms with E-state index in [9.17, 15) is 24.3 Å². The van der Waals surface area contributed by atoms with Crippen molar-refractivity contribution in [3.05, 3.63) is 0 Å². The summed E-state index contributed by atoms with van der Waals surface area (Å²) in [5.74, 6) is -5.59. The Balaban J connectivity index is 5.84. The molecule has 0 amide bonds. The first-order chi connectivity index (χ1) is 12.4. The molecule has 0 aromatic carbocycles. The number of ether oxygens (including phenoxy) is 2. The van der Waals surface area contributed by atoms with E-state index >= 15 is 0 Å². The van der Waals surface area contributed by atoms with Gasteiger partial charge in [0.1, 0.15) is 17.2 Å². The Kier molecular flexibility index (Phi) is 9.28. The van der Waals surface area contributed by atoms with Gasteiger partial charge in [0, 0.05) is 5.75 Å². The van der Waals surface area contributed by atoms with E-state index in [-0.39, 0.29) is 5.75 Å².